The largest absolute Gasteiger partial charge is 0.378 e. The number of aromatic nitrogens is 1. The first-order chi connectivity index (χ1) is 14.2. The Kier molecular flexibility index (Phi) is 6.80. The van der Waals surface area contributed by atoms with Gasteiger partial charge in [-0.25, -0.2) is 0 Å². The van der Waals surface area contributed by atoms with Crippen LogP contribution in [0, 0.1) is 5.92 Å². The second-order valence-corrected chi connectivity index (χ2v) is 8.71. The van der Waals surface area contributed by atoms with Crippen molar-refractivity contribution in [3.8, 4) is 0 Å². The van der Waals surface area contributed by atoms with Gasteiger partial charge in [0.1, 0.15) is 0 Å². The van der Waals surface area contributed by atoms with E-state index in [1.807, 2.05) is 21.9 Å². The molecule has 158 valence electrons. The fourth-order valence-corrected chi connectivity index (χ4v) is 5.07. The summed E-state index contributed by atoms with van der Waals surface area (Å²) in [5.74, 6) is 1.20. The van der Waals surface area contributed by atoms with E-state index < -0.39 is 0 Å². The Hall–Kier alpha value is -1.95. The maximum atomic E-state index is 13.1. The standard InChI is InChI=1S/C23H33N3O3/c27-21(10-9-18-5-1-2-6-18)26-12-4-7-19(17-26)22-20(8-3-11-24-22)23(28)25-13-15-29-16-14-25/h3,8,11,18-19H,1-2,4-7,9-10,12-17H2. The normalized spacial score (nSPS) is 23.4. The van der Waals surface area contributed by atoms with Crippen molar-refractivity contribution < 1.29 is 14.3 Å². The number of morpholine rings is 1. The number of hydrogen-bond donors (Lipinski definition) is 0. The van der Waals surface area contributed by atoms with Crippen molar-refractivity contribution in [3.05, 3.63) is 29.6 Å². The van der Waals surface area contributed by atoms with E-state index in [2.05, 4.69) is 4.98 Å². The molecule has 29 heavy (non-hydrogen) atoms. The Morgan fingerprint density at radius 2 is 1.83 bits per heavy atom. The van der Waals surface area contributed by atoms with Crippen molar-refractivity contribution in [2.75, 3.05) is 39.4 Å². The SMILES string of the molecule is O=C(CCC1CCCC1)N1CCCC(c2ncccc2C(=O)N2CCOCC2)C1. The molecule has 1 aromatic heterocycles. The number of likely N-dealkylation sites (tertiary alicyclic amines) is 1. The summed E-state index contributed by atoms with van der Waals surface area (Å²) in [7, 11) is 0. The molecule has 0 aromatic carbocycles. The highest BCUT2D eigenvalue weighted by Crippen LogP contribution is 2.31. The number of piperidine rings is 1. The fourth-order valence-electron chi connectivity index (χ4n) is 5.07. The maximum absolute atomic E-state index is 13.1. The lowest BCUT2D eigenvalue weighted by Gasteiger charge is -2.34. The van der Waals surface area contributed by atoms with Crippen LogP contribution in [0.15, 0.2) is 18.3 Å². The van der Waals surface area contributed by atoms with Crippen LogP contribution in [0.2, 0.25) is 0 Å². The molecule has 1 aromatic rings. The van der Waals surface area contributed by atoms with E-state index in [4.69, 9.17) is 4.74 Å². The summed E-state index contributed by atoms with van der Waals surface area (Å²) in [5.41, 5.74) is 1.55. The number of nitrogens with zero attached hydrogens (tertiary/aromatic N) is 3. The lowest BCUT2D eigenvalue weighted by molar-refractivity contribution is -0.132. The number of carbonyl (C=O) groups excluding carboxylic acids is 2. The molecule has 4 rings (SSSR count). The van der Waals surface area contributed by atoms with Crippen molar-refractivity contribution in [3.63, 3.8) is 0 Å². The van der Waals surface area contributed by atoms with Crippen molar-refractivity contribution in [2.24, 2.45) is 5.92 Å². The average Bonchev–Trinajstić information content (AvgIpc) is 3.31. The highest BCUT2D eigenvalue weighted by atomic mass is 16.5. The van der Waals surface area contributed by atoms with E-state index in [9.17, 15) is 9.59 Å². The Labute approximate surface area is 173 Å². The van der Waals surface area contributed by atoms with Gasteiger partial charge in [0.15, 0.2) is 0 Å². The summed E-state index contributed by atoms with van der Waals surface area (Å²) in [6.07, 6.45) is 10.6. The lowest BCUT2D eigenvalue weighted by Crippen LogP contribution is -2.42. The molecule has 6 nitrogen and oxygen atoms in total. The molecule has 0 bridgehead atoms. The molecule has 0 spiro atoms. The van der Waals surface area contributed by atoms with Crippen molar-refractivity contribution in [2.45, 2.75) is 57.3 Å². The van der Waals surface area contributed by atoms with Gasteiger partial charge in [-0.3, -0.25) is 14.6 Å². The third-order valence-corrected chi connectivity index (χ3v) is 6.77. The van der Waals surface area contributed by atoms with Crippen molar-refractivity contribution in [1.82, 2.24) is 14.8 Å². The van der Waals surface area contributed by atoms with Crippen LogP contribution in [-0.2, 0) is 9.53 Å². The Bertz CT molecular complexity index is 711. The number of ether oxygens (including phenoxy) is 1. The minimum atomic E-state index is 0.0427. The molecular formula is C23H33N3O3. The second kappa shape index (κ2) is 9.70. The van der Waals surface area contributed by atoms with Gasteiger partial charge in [0, 0.05) is 44.7 Å². The third kappa shape index (κ3) is 4.97. The van der Waals surface area contributed by atoms with E-state index in [0.29, 0.717) is 44.8 Å². The average molecular weight is 400 g/mol. The van der Waals surface area contributed by atoms with Crippen LogP contribution in [0.5, 0.6) is 0 Å². The highest BCUT2D eigenvalue weighted by Gasteiger charge is 2.30. The summed E-state index contributed by atoms with van der Waals surface area (Å²) in [4.78, 5) is 34.4. The summed E-state index contributed by atoms with van der Waals surface area (Å²) in [6, 6.07) is 3.73. The molecule has 3 aliphatic rings. The number of pyridine rings is 1. The van der Waals surface area contributed by atoms with Gasteiger partial charge in [0.05, 0.1) is 24.5 Å². The molecule has 2 saturated heterocycles. The van der Waals surface area contributed by atoms with Crippen LogP contribution in [0.1, 0.15) is 73.3 Å². The van der Waals surface area contributed by atoms with E-state index in [1.165, 1.54) is 25.7 Å². The zero-order valence-corrected chi connectivity index (χ0v) is 17.4. The van der Waals surface area contributed by atoms with Crippen LogP contribution in [-0.4, -0.2) is 66.0 Å². The Morgan fingerprint density at radius 3 is 2.62 bits per heavy atom. The van der Waals surface area contributed by atoms with Gasteiger partial charge in [-0.1, -0.05) is 25.7 Å². The number of carbonyl (C=O) groups is 2. The molecule has 2 aliphatic heterocycles. The third-order valence-electron chi connectivity index (χ3n) is 6.77. The molecule has 3 fully saturated rings. The first-order valence-electron chi connectivity index (χ1n) is 11.3. The number of hydrogen-bond acceptors (Lipinski definition) is 4. The van der Waals surface area contributed by atoms with Gasteiger partial charge in [-0.05, 0) is 37.3 Å². The van der Waals surface area contributed by atoms with E-state index >= 15 is 0 Å². The summed E-state index contributed by atoms with van der Waals surface area (Å²) < 4.78 is 5.38. The van der Waals surface area contributed by atoms with E-state index in [-0.39, 0.29) is 17.7 Å². The molecule has 0 radical (unpaired) electrons. The molecule has 0 N–H and O–H groups in total. The van der Waals surface area contributed by atoms with Crippen LogP contribution in [0.25, 0.3) is 0 Å². The van der Waals surface area contributed by atoms with Gasteiger partial charge in [-0.2, -0.15) is 0 Å². The lowest BCUT2D eigenvalue weighted by atomic mass is 9.90. The van der Waals surface area contributed by atoms with Crippen LogP contribution in [0.4, 0.5) is 0 Å². The zero-order valence-electron chi connectivity index (χ0n) is 17.4. The van der Waals surface area contributed by atoms with Crippen LogP contribution in [0.3, 0.4) is 0 Å². The monoisotopic (exact) mass is 399 g/mol. The molecule has 1 aliphatic carbocycles. The highest BCUT2D eigenvalue weighted by molar-refractivity contribution is 5.95. The minimum absolute atomic E-state index is 0.0427. The van der Waals surface area contributed by atoms with Crippen molar-refractivity contribution in [1.29, 1.82) is 0 Å². The van der Waals surface area contributed by atoms with E-state index in [0.717, 1.165) is 37.4 Å². The molecule has 2 amide bonds. The first kappa shape index (κ1) is 20.3. The second-order valence-electron chi connectivity index (χ2n) is 8.71. The van der Waals surface area contributed by atoms with Crippen molar-refractivity contribution >= 4 is 11.8 Å². The van der Waals surface area contributed by atoms with Gasteiger partial charge < -0.3 is 14.5 Å². The zero-order chi connectivity index (χ0) is 20.1. The predicted molar refractivity (Wildman–Crippen MR) is 111 cm³/mol. The summed E-state index contributed by atoms with van der Waals surface area (Å²) >= 11 is 0. The van der Waals surface area contributed by atoms with Crippen LogP contribution >= 0.6 is 0 Å². The molecule has 1 atom stereocenters. The summed E-state index contributed by atoms with van der Waals surface area (Å²) in [5, 5.41) is 0. The molecule has 1 saturated carbocycles. The number of amides is 2. The Balaban J connectivity index is 1.41. The molecule has 1 unspecified atom stereocenters. The fraction of sp³-hybridized carbons (Fsp3) is 0.696. The molecular weight excluding hydrogens is 366 g/mol. The predicted octanol–water partition coefficient (Wildman–Crippen LogP) is 3.23. The summed E-state index contributed by atoms with van der Waals surface area (Å²) in [6.45, 7) is 3.96. The quantitative estimate of drug-likeness (QED) is 0.763. The van der Waals surface area contributed by atoms with E-state index in [1.54, 1.807) is 6.20 Å². The van der Waals surface area contributed by atoms with Gasteiger partial charge in [-0.15, -0.1) is 0 Å². The van der Waals surface area contributed by atoms with Gasteiger partial charge in [0.2, 0.25) is 5.91 Å². The minimum Gasteiger partial charge on any atom is -0.378 e. The first-order valence-corrected chi connectivity index (χ1v) is 11.3. The van der Waals surface area contributed by atoms with Gasteiger partial charge >= 0.3 is 0 Å². The van der Waals surface area contributed by atoms with Crippen LogP contribution < -0.4 is 0 Å². The Morgan fingerprint density at radius 1 is 1.03 bits per heavy atom. The molecule has 6 heteroatoms. The maximum Gasteiger partial charge on any atom is 0.255 e. The molecule has 3 heterocycles. The number of rotatable bonds is 5. The van der Waals surface area contributed by atoms with Gasteiger partial charge in [0.25, 0.3) is 5.91 Å². The smallest absolute Gasteiger partial charge is 0.255 e. The topological polar surface area (TPSA) is 62.7 Å².